The molecule has 0 saturated heterocycles. The van der Waals surface area contributed by atoms with Gasteiger partial charge in [-0.15, -0.1) is 0 Å². The van der Waals surface area contributed by atoms with E-state index in [0.717, 1.165) is 17.7 Å². The monoisotopic (exact) mass is 326 g/mol. The van der Waals surface area contributed by atoms with Crippen LogP contribution < -0.4 is 15.4 Å². The Morgan fingerprint density at radius 1 is 1.00 bits per heavy atom. The van der Waals surface area contributed by atoms with E-state index in [1.807, 2.05) is 38.1 Å². The number of amides is 2. The van der Waals surface area contributed by atoms with Crippen LogP contribution in [0, 0.1) is 0 Å². The molecule has 0 atom stereocenters. The smallest absolute Gasteiger partial charge is 0.255 e. The number of hydrogen-bond donors (Lipinski definition) is 2. The van der Waals surface area contributed by atoms with Crippen molar-refractivity contribution in [3.05, 3.63) is 59.7 Å². The zero-order valence-electron chi connectivity index (χ0n) is 14.0. The lowest BCUT2D eigenvalue weighted by Crippen LogP contribution is -2.33. The minimum absolute atomic E-state index is 0.0999. The first-order valence-electron chi connectivity index (χ1n) is 8.03. The van der Waals surface area contributed by atoms with Gasteiger partial charge in [0.2, 0.25) is 5.91 Å². The Kier molecular flexibility index (Phi) is 6.37. The summed E-state index contributed by atoms with van der Waals surface area (Å²) in [6.45, 7) is 4.25. The van der Waals surface area contributed by atoms with Crippen molar-refractivity contribution in [3.63, 3.8) is 0 Å². The SMILES string of the molecule is CCOc1ccccc1C(=O)NCC(=O)Nc1ccccc1CC. The second kappa shape index (κ2) is 8.72. The number of anilines is 1. The third-order valence-electron chi connectivity index (χ3n) is 3.51. The molecule has 0 aliphatic heterocycles. The molecule has 2 amide bonds. The summed E-state index contributed by atoms with van der Waals surface area (Å²) in [5, 5.41) is 5.45. The number of rotatable bonds is 7. The molecule has 2 rings (SSSR count). The van der Waals surface area contributed by atoms with E-state index >= 15 is 0 Å². The molecule has 2 aromatic rings. The molecular formula is C19H22N2O3. The van der Waals surface area contributed by atoms with E-state index in [1.165, 1.54) is 0 Å². The Morgan fingerprint density at radius 2 is 1.71 bits per heavy atom. The van der Waals surface area contributed by atoms with E-state index in [9.17, 15) is 9.59 Å². The average molecular weight is 326 g/mol. The van der Waals surface area contributed by atoms with E-state index < -0.39 is 0 Å². The lowest BCUT2D eigenvalue weighted by molar-refractivity contribution is -0.115. The number of carbonyl (C=O) groups excluding carboxylic acids is 2. The highest BCUT2D eigenvalue weighted by Crippen LogP contribution is 2.18. The Hall–Kier alpha value is -2.82. The number of hydrogen-bond acceptors (Lipinski definition) is 3. The van der Waals surface area contributed by atoms with Crippen LogP contribution in [0.4, 0.5) is 5.69 Å². The van der Waals surface area contributed by atoms with Crippen molar-refractivity contribution >= 4 is 17.5 Å². The fourth-order valence-corrected chi connectivity index (χ4v) is 2.34. The van der Waals surface area contributed by atoms with Gasteiger partial charge in [-0.1, -0.05) is 37.3 Å². The van der Waals surface area contributed by atoms with Crippen LogP contribution in [-0.2, 0) is 11.2 Å². The van der Waals surface area contributed by atoms with Crippen LogP contribution in [0.5, 0.6) is 5.75 Å². The largest absolute Gasteiger partial charge is 0.493 e. The molecule has 0 aliphatic rings. The van der Waals surface area contributed by atoms with Gasteiger partial charge in [0, 0.05) is 5.69 Å². The molecule has 2 aromatic carbocycles. The standard InChI is InChI=1S/C19H22N2O3/c1-3-14-9-5-7-11-16(14)21-18(22)13-20-19(23)15-10-6-8-12-17(15)24-4-2/h5-12H,3-4,13H2,1-2H3,(H,20,23)(H,21,22). The van der Waals surface area contributed by atoms with Crippen molar-refractivity contribution in [2.45, 2.75) is 20.3 Å². The highest BCUT2D eigenvalue weighted by atomic mass is 16.5. The van der Waals surface area contributed by atoms with Gasteiger partial charge in [-0.25, -0.2) is 0 Å². The van der Waals surface area contributed by atoms with Gasteiger partial charge in [-0.2, -0.15) is 0 Å². The van der Waals surface area contributed by atoms with Crippen LogP contribution in [0.2, 0.25) is 0 Å². The third kappa shape index (κ3) is 4.59. The molecule has 0 fully saturated rings. The highest BCUT2D eigenvalue weighted by molar-refractivity contribution is 6.01. The van der Waals surface area contributed by atoms with Gasteiger partial charge in [-0.05, 0) is 37.1 Å². The molecular weight excluding hydrogens is 304 g/mol. The Balaban J connectivity index is 1.95. The average Bonchev–Trinajstić information content (AvgIpc) is 2.61. The second-order valence-corrected chi connectivity index (χ2v) is 5.17. The van der Waals surface area contributed by atoms with E-state index in [4.69, 9.17) is 4.74 Å². The molecule has 0 spiro atoms. The van der Waals surface area contributed by atoms with Gasteiger partial charge in [-0.3, -0.25) is 9.59 Å². The van der Waals surface area contributed by atoms with E-state index in [1.54, 1.807) is 24.3 Å². The van der Waals surface area contributed by atoms with E-state index in [0.29, 0.717) is 17.9 Å². The maximum absolute atomic E-state index is 12.2. The van der Waals surface area contributed by atoms with E-state index in [2.05, 4.69) is 10.6 Å². The Labute approximate surface area is 142 Å². The molecule has 0 heterocycles. The maximum Gasteiger partial charge on any atom is 0.255 e. The lowest BCUT2D eigenvalue weighted by atomic mass is 10.1. The molecule has 0 unspecified atom stereocenters. The van der Waals surface area contributed by atoms with Crippen molar-refractivity contribution in [1.29, 1.82) is 0 Å². The molecule has 24 heavy (non-hydrogen) atoms. The van der Waals surface area contributed by atoms with Crippen molar-refractivity contribution in [3.8, 4) is 5.75 Å². The summed E-state index contributed by atoms with van der Waals surface area (Å²) in [4.78, 5) is 24.3. The van der Waals surface area contributed by atoms with Gasteiger partial charge in [0.15, 0.2) is 0 Å². The summed E-state index contributed by atoms with van der Waals surface area (Å²) in [6, 6.07) is 14.6. The number of para-hydroxylation sites is 2. The number of benzene rings is 2. The summed E-state index contributed by atoms with van der Waals surface area (Å²) in [7, 11) is 0. The maximum atomic E-state index is 12.2. The minimum atomic E-state index is -0.335. The van der Waals surface area contributed by atoms with Crippen LogP contribution in [0.25, 0.3) is 0 Å². The van der Waals surface area contributed by atoms with Crippen molar-refractivity contribution in [2.75, 3.05) is 18.5 Å². The summed E-state index contributed by atoms with van der Waals surface area (Å²) in [5.74, 6) is -0.0923. The normalized spacial score (nSPS) is 10.1. The second-order valence-electron chi connectivity index (χ2n) is 5.17. The topological polar surface area (TPSA) is 67.4 Å². The van der Waals surface area contributed by atoms with Gasteiger partial charge in [0.1, 0.15) is 5.75 Å². The van der Waals surface area contributed by atoms with Crippen LogP contribution >= 0.6 is 0 Å². The predicted molar refractivity (Wildman–Crippen MR) is 94.4 cm³/mol. The van der Waals surface area contributed by atoms with Crippen LogP contribution in [0.3, 0.4) is 0 Å². The first-order valence-corrected chi connectivity index (χ1v) is 8.03. The minimum Gasteiger partial charge on any atom is -0.493 e. The van der Waals surface area contributed by atoms with Crippen LogP contribution in [0.15, 0.2) is 48.5 Å². The molecule has 0 saturated carbocycles. The third-order valence-corrected chi connectivity index (χ3v) is 3.51. The van der Waals surface area contributed by atoms with Crippen molar-refractivity contribution in [1.82, 2.24) is 5.32 Å². The number of aryl methyl sites for hydroxylation is 1. The predicted octanol–water partition coefficient (Wildman–Crippen LogP) is 3.02. The molecule has 0 aromatic heterocycles. The molecule has 5 heteroatoms. The highest BCUT2D eigenvalue weighted by Gasteiger charge is 2.13. The lowest BCUT2D eigenvalue weighted by Gasteiger charge is -2.12. The van der Waals surface area contributed by atoms with Gasteiger partial charge in [0.25, 0.3) is 5.91 Å². The number of carbonyl (C=O) groups is 2. The Morgan fingerprint density at radius 3 is 2.46 bits per heavy atom. The summed E-state index contributed by atoms with van der Waals surface area (Å²) in [6.07, 6.45) is 0.824. The fourth-order valence-electron chi connectivity index (χ4n) is 2.34. The van der Waals surface area contributed by atoms with Crippen molar-refractivity contribution < 1.29 is 14.3 Å². The van der Waals surface area contributed by atoms with E-state index in [-0.39, 0.29) is 18.4 Å². The van der Waals surface area contributed by atoms with Gasteiger partial charge in [0.05, 0.1) is 18.7 Å². The van der Waals surface area contributed by atoms with Crippen LogP contribution in [-0.4, -0.2) is 25.0 Å². The molecule has 2 N–H and O–H groups in total. The van der Waals surface area contributed by atoms with Crippen molar-refractivity contribution in [2.24, 2.45) is 0 Å². The molecule has 5 nitrogen and oxygen atoms in total. The molecule has 0 radical (unpaired) electrons. The quantitative estimate of drug-likeness (QED) is 0.822. The zero-order chi connectivity index (χ0) is 17.4. The van der Waals surface area contributed by atoms with Gasteiger partial charge < -0.3 is 15.4 Å². The molecule has 0 bridgehead atoms. The number of ether oxygens (including phenoxy) is 1. The Bertz CT molecular complexity index is 713. The number of nitrogens with one attached hydrogen (secondary N) is 2. The molecule has 126 valence electrons. The molecule has 0 aliphatic carbocycles. The zero-order valence-corrected chi connectivity index (χ0v) is 14.0. The summed E-state index contributed by atoms with van der Waals surface area (Å²) >= 11 is 0. The fraction of sp³-hybridized carbons (Fsp3) is 0.263. The van der Waals surface area contributed by atoms with Gasteiger partial charge >= 0.3 is 0 Å². The first kappa shape index (κ1) is 17.5. The van der Waals surface area contributed by atoms with Crippen LogP contribution in [0.1, 0.15) is 29.8 Å². The summed E-state index contributed by atoms with van der Waals surface area (Å²) < 4.78 is 5.43. The first-order chi connectivity index (χ1) is 11.7. The summed E-state index contributed by atoms with van der Waals surface area (Å²) in [5.41, 5.74) is 2.24.